The van der Waals surface area contributed by atoms with Crippen LogP contribution in [-0.2, 0) is 4.74 Å². The minimum atomic E-state index is 0.271. The number of benzene rings is 1. The van der Waals surface area contributed by atoms with Crippen molar-refractivity contribution in [1.82, 2.24) is 10.3 Å². The lowest BCUT2D eigenvalue weighted by atomic mass is 10.0. The molecule has 82 valence electrons. The molecule has 0 spiro atoms. The Morgan fingerprint density at radius 1 is 1.25 bits per heavy atom. The Labute approximate surface area is 94.5 Å². The predicted octanol–water partition coefficient (Wildman–Crippen LogP) is 1.90. The highest BCUT2D eigenvalue weighted by Gasteiger charge is 2.17. The molecule has 3 heteroatoms. The van der Waals surface area contributed by atoms with E-state index in [9.17, 15) is 0 Å². The molecule has 3 rings (SSSR count). The van der Waals surface area contributed by atoms with Crippen LogP contribution in [0.1, 0.15) is 11.6 Å². The Morgan fingerprint density at radius 2 is 2.19 bits per heavy atom. The topological polar surface area (TPSA) is 34.1 Å². The number of hydrogen-bond donors (Lipinski definition) is 1. The first-order valence-corrected chi connectivity index (χ1v) is 5.59. The number of morpholine rings is 1. The minimum Gasteiger partial charge on any atom is -0.378 e. The van der Waals surface area contributed by atoms with E-state index in [0.29, 0.717) is 0 Å². The summed E-state index contributed by atoms with van der Waals surface area (Å²) < 4.78 is 5.50. The third-order valence-corrected chi connectivity index (χ3v) is 3.00. The van der Waals surface area contributed by atoms with Crippen molar-refractivity contribution < 1.29 is 4.74 Å². The maximum absolute atomic E-state index is 5.50. The number of rotatable bonds is 1. The SMILES string of the molecule is c1ccc2c(C3COCCN3)cncc2c1. The van der Waals surface area contributed by atoms with Gasteiger partial charge in [0.2, 0.25) is 0 Å². The van der Waals surface area contributed by atoms with E-state index in [2.05, 4.69) is 28.5 Å². The molecular formula is C13H14N2O. The number of aromatic nitrogens is 1. The molecule has 3 nitrogen and oxygen atoms in total. The molecule has 1 N–H and O–H groups in total. The predicted molar refractivity (Wildman–Crippen MR) is 63.3 cm³/mol. The van der Waals surface area contributed by atoms with Gasteiger partial charge in [0, 0.05) is 24.3 Å². The zero-order valence-electron chi connectivity index (χ0n) is 9.02. The quantitative estimate of drug-likeness (QED) is 0.787. The summed E-state index contributed by atoms with van der Waals surface area (Å²) in [5.41, 5.74) is 1.23. The molecule has 0 radical (unpaired) electrons. The van der Waals surface area contributed by atoms with Crippen LogP contribution in [0.4, 0.5) is 0 Å². The molecular weight excluding hydrogens is 200 g/mol. The second-order valence-electron chi connectivity index (χ2n) is 4.03. The van der Waals surface area contributed by atoms with Crippen LogP contribution in [0.5, 0.6) is 0 Å². The smallest absolute Gasteiger partial charge is 0.0662 e. The van der Waals surface area contributed by atoms with Gasteiger partial charge in [-0.15, -0.1) is 0 Å². The maximum atomic E-state index is 5.50. The number of pyridine rings is 1. The molecule has 1 saturated heterocycles. The Balaban J connectivity index is 2.08. The fourth-order valence-corrected chi connectivity index (χ4v) is 2.18. The second-order valence-corrected chi connectivity index (χ2v) is 4.03. The molecule has 1 aromatic heterocycles. The summed E-state index contributed by atoms with van der Waals surface area (Å²) in [6.07, 6.45) is 3.84. The average Bonchev–Trinajstić information content (AvgIpc) is 2.39. The van der Waals surface area contributed by atoms with E-state index >= 15 is 0 Å². The molecule has 1 unspecified atom stereocenters. The molecule has 1 atom stereocenters. The molecule has 2 aromatic rings. The summed E-state index contributed by atoms with van der Waals surface area (Å²) in [6.45, 7) is 2.44. The third kappa shape index (κ3) is 1.68. The zero-order chi connectivity index (χ0) is 10.8. The maximum Gasteiger partial charge on any atom is 0.0662 e. The standard InChI is InChI=1S/C13H14N2O/c1-2-4-11-10(3-1)7-14-8-12(11)13-9-16-6-5-15-13/h1-4,7-8,13,15H,5-6,9H2. The van der Waals surface area contributed by atoms with Crippen molar-refractivity contribution >= 4 is 10.8 Å². The van der Waals surface area contributed by atoms with Crippen LogP contribution >= 0.6 is 0 Å². The number of fused-ring (bicyclic) bond motifs is 1. The normalized spacial score (nSPS) is 21.1. The van der Waals surface area contributed by atoms with E-state index in [1.54, 1.807) is 0 Å². The third-order valence-electron chi connectivity index (χ3n) is 3.00. The van der Waals surface area contributed by atoms with Crippen LogP contribution in [-0.4, -0.2) is 24.7 Å². The highest BCUT2D eigenvalue weighted by atomic mass is 16.5. The first kappa shape index (κ1) is 9.75. The van der Waals surface area contributed by atoms with Gasteiger partial charge in [0.05, 0.1) is 19.3 Å². The average molecular weight is 214 g/mol. The van der Waals surface area contributed by atoms with Gasteiger partial charge in [-0.05, 0) is 10.9 Å². The second kappa shape index (κ2) is 4.20. The lowest BCUT2D eigenvalue weighted by Crippen LogP contribution is -2.34. The molecule has 0 amide bonds. The highest BCUT2D eigenvalue weighted by Crippen LogP contribution is 2.24. The number of ether oxygens (including phenoxy) is 1. The Hall–Kier alpha value is -1.45. The van der Waals surface area contributed by atoms with Gasteiger partial charge in [0.1, 0.15) is 0 Å². The van der Waals surface area contributed by atoms with E-state index in [-0.39, 0.29) is 6.04 Å². The van der Waals surface area contributed by atoms with Gasteiger partial charge in [-0.3, -0.25) is 4.98 Å². The van der Waals surface area contributed by atoms with Crippen molar-refractivity contribution in [1.29, 1.82) is 0 Å². The number of nitrogens with one attached hydrogen (secondary N) is 1. The van der Waals surface area contributed by atoms with Crippen LogP contribution in [0.25, 0.3) is 10.8 Å². The first-order valence-electron chi connectivity index (χ1n) is 5.59. The van der Waals surface area contributed by atoms with Gasteiger partial charge in [-0.25, -0.2) is 0 Å². The summed E-state index contributed by atoms with van der Waals surface area (Å²) >= 11 is 0. The molecule has 0 saturated carbocycles. The molecule has 1 aliphatic heterocycles. The zero-order valence-corrected chi connectivity index (χ0v) is 9.02. The molecule has 1 aromatic carbocycles. The molecule has 0 aliphatic carbocycles. The van der Waals surface area contributed by atoms with Crippen molar-refractivity contribution in [2.45, 2.75) is 6.04 Å². The van der Waals surface area contributed by atoms with Gasteiger partial charge in [0.25, 0.3) is 0 Å². The van der Waals surface area contributed by atoms with Crippen LogP contribution in [0, 0.1) is 0 Å². The molecule has 1 fully saturated rings. The summed E-state index contributed by atoms with van der Waals surface area (Å²) in [5.74, 6) is 0. The lowest BCUT2D eigenvalue weighted by molar-refractivity contribution is 0.0772. The van der Waals surface area contributed by atoms with Crippen molar-refractivity contribution in [2.24, 2.45) is 0 Å². The van der Waals surface area contributed by atoms with E-state index < -0.39 is 0 Å². The monoisotopic (exact) mass is 214 g/mol. The van der Waals surface area contributed by atoms with Crippen molar-refractivity contribution in [3.63, 3.8) is 0 Å². The fraction of sp³-hybridized carbons (Fsp3) is 0.308. The van der Waals surface area contributed by atoms with Gasteiger partial charge in [-0.1, -0.05) is 24.3 Å². The fourth-order valence-electron chi connectivity index (χ4n) is 2.18. The van der Waals surface area contributed by atoms with Gasteiger partial charge in [0.15, 0.2) is 0 Å². The van der Waals surface area contributed by atoms with E-state index in [4.69, 9.17) is 4.74 Å². The van der Waals surface area contributed by atoms with Crippen molar-refractivity contribution in [2.75, 3.05) is 19.8 Å². The number of hydrogen-bond acceptors (Lipinski definition) is 3. The molecule has 0 bridgehead atoms. The van der Waals surface area contributed by atoms with Crippen molar-refractivity contribution in [3.8, 4) is 0 Å². The highest BCUT2D eigenvalue weighted by molar-refractivity contribution is 5.85. The van der Waals surface area contributed by atoms with Crippen LogP contribution in [0.3, 0.4) is 0 Å². The summed E-state index contributed by atoms with van der Waals surface area (Å²) in [7, 11) is 0. The minimum absolute atomic E-state index is 0.271. The van der Waals surface area contributed by atoms with Crippen LogP contribution in [0.15, 0.2) is 36.7 Å². The van der Waals surface area contributed by atoms with Gasteiger partial charge < -0.3 is 10.1 Å². The lowest BCUT2D eigenvalue weighted by Gasteiger charge is -2.24. The van der Waals surface area contributed by atoms with Crippen molar-refractivity contribution in [3.05, 3.63) is 42.2 Å². The van der Waals surface area contributed by atoms with E-state index in [1.165, 1.54) is 16.3 Å². The molecule has 2 heterocycles. The van der Waals surface area contributed by atoms with Crippen LogP contribution < -0.4 is 5.32 Å². The Bertz CT molecular complexity index is 487. The van der Waals surface area contributed by atoms with Gasteiger partial charge >= 0.3 is 0 Å². The summed E-state index contributed by atoms with van der Waals surface area (Å²) in [6, 6.07) is 8.61. The van der Waals surface area contributed by atoms with Crippen LogP contribution in [0.2, 0.25) is 0 Å². The number of nitrogens with zero attached hydrogens (tertiary/aromatic N) is 1. The first-order chi connectivity index (χ1) is 7.95. The Morgan fingerprint density at radius 3 is 3.06 bits per heavy atom. The molecule has 1 aliphatic rings. The van der Waals surface area contributed by atoms with E-state index in [1.807, 2.05) is 18.5 Å². The Kier molecular flexibility index (Phi) is 2.56. The van der Waals surface area contributed by atoms with E-state index in [0.717, 1.165) is 19.8 Å². The largest absolute Gasteiger partial charge is 0.378 e. The summed E-state index contributed by atoms with van der Waals surface area (Å²) in [5, 5.41) is 5.91. The summed E-state index contributed by atoms with van der Waals surface area (Å²) in [4.78, 5) is 4.29. The molecule has 16 heavy (non-hydrogen) atoms. The van der Waals surface area contributed by atoms with Gasteiger partial charge in [-0.2, -0.15) is 0 Å².